The number of carbonyl (C=O) groups is 1. The minimum atomic E-state index is -0.767. The van der Waals surface area contributed by atoms with Crippen LogP contribution in [-0.4, -0.2) is 17.7 Å². The van der Waals surface area contributed by atoms with Crippen LogP contribution in [0.2, 0.25) is 0 Å². The SMILES string of the molecule is NC(=O)OCCc1cncc(N)c1. The standard InChI is InChI=1S/C8H11N3O2/c9-7-3-6(4-11-5-7)1-2-13-8(10)12/h3-5H,1-2,9H2,(H2,10,12). The average Bonchev–Trinajstić information content (AvgIpc) is 2.03. The molecule has 0 unspecified atom stereocenters. The van der Waals surface area contributed by atoms with Crippen LogP contribution in [0.15, 0.2) is 18.5 Å². The van der Waals surface area contributed by atoms with Crippen molar-refractivity contribution >= 4 is 11.8 Å². The van der Waals surface area contributed by atoms with Gasteiger partial charge in [0.25, 0.3) is 0 Å². The fourth-order valence-corrected chi connectivity index (χ4v) is 0.914. The van der Waals surface area contributed by atoms with E-state index in [0.29, 0.717) is 12.1 Å². The van der Waals surface area contributed by atoms with Crippen molar-refractivity contribution in [3.63, 3.8) is 0 Å². The van der Waals surface area contributed by atoms with Gasteiger partial charge in [0.2, 0.25) is 0 Å². The highest BCUT2D eigenvalue weighted by atomic mass is 16.5. The minimum absolute atomic E-state index is 0.250. The lowest BCUT2D eigenvalue weighted by atomic mass is 10.2. The third kappa shape index (κ3) is 3.42. The van der Waals surface area contributed by atoms with Gasteiger partial charge in [0.05, 0.1) is 12.3 Å². The fraction of sp³-hybridized carbons (Fsp3) is 0.250. The molecule has 5 nitrogen and oxygen atoms in total. The van der Waals surface area contributed by atoms with Crippen molar-refractivity contribution < 1.29 is 9.53 Å². The lowest BCUT2D eigenvalue weighted by molar-refractivity contribution is 0.158. The number of carbonyl (C=O) groups excluding carboxylic acids is 1. The molecule has 4 N–H and O–H groups in total. The van der Waals surface area contributed by atoms with Crippen molar-refractivity contribution in [1.82, 2.24) is 4.98 Å². The maximum absolute atomic E-state index is 10.2. The second-order valence-corrected chi connectivity index (χ2v) is 2.54. The predicted molar refractivity (Wildman–Crippen MR) is 47.9 cm³/mol. The summed E-state index contributed by atoms with van der Waals surface area (Å²) in [7, 11) is 0. The van der Waals surface area contributed by atoms with Crippen LogP contribution in [0.4, 0.5) is 10.5 Å². The number of ether oxygens (including phenoxy) is 1. The fourth-order valence-electron chi connectivity index (χ4n) is 0.914. The van der Waals surface area contributed by atoms with Gasteiger partial charge < -0.3 is 16.2 Å². The Kier molecular flexibility index (Phi) is 3.08. The van der Waals surface area contributed by atoms with Crippen LogP contribution in [0.25, 0.3) is 0 Å². The first-order chi connectivity index (χ1) is 6.18. The molecule has 0 bridgehead atoms. The minimum Gasteiger partial charge on any atom is -0.449 e. The Hall–Kier alpha value is -1.78. The van der Waals surface area contributed by atoms with Crippen LogP contribution < -0.4 is 11.5 Å². The van der Waals surface area contributed by atoms with E-state index in [4.69, 9.17) is 11.5 Å². The molecule has 0 atom stereocenters. The Labute approximate surface area is 75.7 Å². The van der Waals surface area contributed by atoms with Gasteiger partial charge in [-0.1, -0.05) is 0 Å². The van der Waals surface area contributed by atoms with E-state index in [-0.39, 0.29) is 6.61 Å². The van der Waals surface area contributed by atoms with Gasteiger partial charge in [0, 0.05) is 18.8 Å². The summed E-state index contributed by atoms with van der Waals surface area (Å²) in [5, 5.41) is 0. The van der Waals surface area contributed by atoms with Crippen LogP contribution in [0, 0.1) is 0 Å². The number of hydrogen-bond acceptors (Lipinski definition) is 4. The molecular weight excluding hydrogens is 170 g/mol. The molecule has 0 spiro atoms. The molecule has 1 rings (SSSR count). The van der Waals surface area contributed by atoms with E-state index in [1.165, 1.54) is 0 Å². The van der Waals surface area contributed by atoms with Crippen LogP contribution in [0.3, 0.4) is 0 Å². The Morgan fingerprint density at radius 2 is 2.31 bits per heavy atom. The van der Waals surface area contributed by atoms with Crippen molar-refractivity contribution in [2.24, 2.45) is 5.73 Å². The van der Waals surface area contributed by atoms with E-state index in [2.05, 4.69) is 9.72 Å². The van der Waals surface area contributed by atoms with E-state index in [1.807, 2.05) is 0 Å². The van der Waals surface area contributed by atoms with E-state index in [9.17, 15) is 4.79 Å². The number of rotatable bonds is 3. The third-order valence-electron chi connectivity index (χ3n) is 1.45. The Morgan fingerprint density at radius 1 is 1.54 bits per heavy atom. The molecule has 0 saturated heterocycles. The average molecular weight is 181 g/mol. The molecule has 0 aliphatic rings. The van der Waals surface area contributed by atoms with Gasteiger partial charge in [-0.3, -0.25) is 4.98 Å². The Morgan fingerprint density at radius 3 is 2.92 bits per heavy atom. The molecule has 0 aliphatic heterocycles. The number of amides is 1. The number of primary amides is 1. The quantitative estimate of drug-likeness (QED) is 0.701. The van der Waals surface area contributed by atoms with E-state index in [1.54, 1.807) is 18.5 Å². The Bertz CT molecular complexity index is 301. The molecule has 1 heterocycles. The zero-order chi connectivity index (χ0) is 9.68. The molecule has 0 radical (unpaired) electrons. The largest absolute Gasteiger partial charge is 0.449 e. The van der Waals surface area contributed by atoms with Gasteiger partial charge in [-0.15, -0.1) is 0 Å². The molecule has 0 aromatic carbocycles. The van der Waals surface area contributed by atoms with Crippen LogP contribution in [0.1, 0.15) is 5.56 Å². The van der Waals surface area contributed by atoms with Crippen LogP contribution >= 0.6 is 0 Å². The lowest BCUT2D eigenvalue weighted by Crippen LogP contribution is -2.14. The van der Waals surface area contributed by atoms with Crippen molar-refractivity contribution in [2.45, 2.75) is 6.42 Å². The topological polar surface area (TPSA) is 91.2 Å². The molecule has 13 heavy (non-hydrogen) atoms. The summed E-state index contributed by atoms with van der Waals surface area (Å²) < 4.78 is 4.56. The number of nitrogens with zero attached hydrogens (tertiary/aromatic N) is 1. The second kappa shape index (κ2) is 4.30. The molecule has 70 valence electrons. The van der Waals surface area contributed by atoms with Gasteiger partial charge in [0.15, 0.2) is 0 Å². The molecule has 1 aromatic rings. The first-order valence-electron chi connectivity index (χ1n) is 3.80. The molecule has 0 saturated carbocycles. The summed E-state index contributed by atoms with van der Waals surface area (Å²) >= 11 is 0. The van der Waals surface area contributed by atoms with Gasteiger partial charge >= 0.3 is 6.09 Å². The predicted octanol–water partition coefficient (Wildman–Crippen LogP) is 0.302. The van der Waals surface area contributed by atoms with Crippen molar-refractivity contribution in [1.29, 1.82) is 0 Å². The molecule has 0 aliphatic carbocycles. The number of aromatic nitrogens is 1. The van der Waals surface area contributed by atoms with E-state index < -0.39 is 6.09 Å². The highest BCUT2D eigenvalue weighted by Gasteiger charge is 1.96. The Balaban J connectivity index is 2.41. The number of hydrogen-bond donors (Lipinski definition) is 2. The summed E-state index contributed by atoms with van der Waals surface area (Å²) in [6, 6.07) is 1.78. The van der Waals surface area contributed by atoms with E-state index in [0.717, 1.165) is 5.56 Å². The van der Waals surface area contributed by atoms with Crippen molar-refractivity contribution in [3.05, 3.63) is 24.0 Å². The van der Waals surface area contributed by atoms with Gasteiger partial charge in [-0.2, -0.15) is 0 Å². The molecule has 1 aromatic heterocycles. The first kappa shape index (κ1) is 9.31. The maximum Gasteiger partial charge on any atom is 0.404 e. The molecule has 1 amide bonds. The third-order valence-corrected chi connectivity index (χ3v) is 1.45. The number of pyridine rings is 1. The van der Waals surface area contributed by atoms with E-state index >= 15 is 0 Å². The zero-order valence-electron chi connectivity index (χ0n) is 7.06. The number of anilines is 1. The maximum atomic E-state index is 10.2. The van der Waals surface area contributed by atoms with Crippen molar-refractivity contribution in [3.8, 4) is 0 Å². The summed E-state index contributed by atoms with van der Waals surface area (Å²) in [6.45, 7) is 0.250. The molecule has 0 fully saturated rings. The second-order valence-electron chi connectivity index (χ2n) is 2.54. The summed E-state index contributed by atoms with van der Waals surface area (Å²) in [6.07, 6.45) is 3.03. The summed E-state index contributed by atoms with van der Waals surface area (Å²) in [5.41, 5.74) is 11.8. The van der Waals surface area contributed by atoms with Crippen LogP contribution in [-0.2, 0) is 11.2 Å². The van der Waals surface area contributed by atoms with Gasteiger partial charge in [-0.05, 0) is 11.6 Å². The zero-order valence-corrected chi connectivity index (χ0v) is 7.06. The lowest BCUT2D eigenvalue weighted by Gasteiger charge is -2.01. The highest BCUT2D eigenvalue weighted by Crippen LogP contribution is 2.04. The highest BCUT2D eigenvalue weighted by molar-refractivity contribution is 5.64. The summed E-state index contributed by atoms with van der Waals surface area (Å²) in [5.74, 6) is 0. The summed E-state index contributed by atoms with van der Waals surface area (Å²) in [4.78, 5) is 14.1. The number of nitrogens with two attached hydrogens (primary N) is 2. The smallest absolute Gasteiger partial charge is 0.404 e. The normalized spacial score (nSPS) is 9.54. The van der Waals surface area contributed by atoms with Gasteiger partial charge in [0.1, 0.15) is 0 Å². The van der Waals surface area contributed by atoms with Crippen LogP contribution in [0.5, 0.6) is 0 Å². The first-order valence-corrected chi connectivity index (χ1v) is 3.80. The number of nitrogen functional groups attached to an aromatic ring is 1. The molecule has 5 heteroatoms. The van der Waals surface area contributed by atoms with Gasteiger partial charge in [-0.25, -0.2) is 4.79 Å². The monoisotopic (exact) mass is 181 g/mol. The van der Waals surface area contributed by atoms with Crippen molar-refractivity contribution in [2.75, 3.05) is 12.3 Å². The molecular formula is C8H11N3O2.